The summed E-state index contributed by atoms with van der Waals surface area (Å²) in [6.07, 6.45) is 0. The molecule has 0 spiro atoms. The normalized spacial score (nSPS) is 10.9. The minimum absolute atomic E-state index is 0.00489. The van der Waals surface area contributed by atoms with Gasteiger partial charge in [-0.05, 0) is 36.8 Å². The Balaban J connectivity index is 2.38. The average molecular weight is 284 g/mol. The predicted octanol–water partition coefficient (Wildman–Crippen LogP) is 2.89. The van der Waals surface area contributed by atoms with Crippen LogP contribution in [0.2, 0.25) is 0 Å². The van der Waals surface area contributed by atoms with Gasteiger partial charge in [0.25, 0.3) is 0 Å². The number of hydrogen-bond donors (Lipinski definition) is 3. The van der Waals surface area contributed by atoms with Gasteiger partial charge in [-0.3, -0.25) is 0 Å². The van der Waals surface area contributed by atoms with Crippen LogP contribution in [-0.4, -0.2) is 15.3 Å². The Hall–Kier alpha value is -2.95. The number of aromatic hydroxyl groups is 3. The lowest BCUT2D eigenvalue weighted by Gasteiger charge is -2.09. The van der Waals surface area contributed by atoms with Crippen LogP contribution < -0.4 is 5.63 Å². The summed E-state index contributed by atoms with van der Waals surface area (Å²) in [4.78, 5) is 12.2. The van der Waals surface area contributed by atoms with Gasteiger partial charge in [0.15, 0.2) is 0 Å². The van der Waals surface area contributed by atoms with E-state index in [2.05, 4.69) is 0 Å². The van der Waals surface area contributed by atoms with Crippen LogP contribution >= 0.6 is 0 Å². The largest absolute Gasteiger partial charge is 0.508 e. The molecule has 0 saturated heterocycles. The van der Waals surface area contributed by atoms with Gasteiger partial charge in [-0.1, -0.05) is 0 Å². The van der Waals surface area contributed by atoms with Crippen molar-refractivity contribution in [2.24, 2.45) is 0 Å². The molecule has 0 unspecified atom stereocenters. The molecule has 106 valence electrons. The lowest BCUT2D eigenvalue weighted by atomic mass is 9.98. The standard InChI is InChI=1S/C16H12O5/c1-8-11-4-2-10(18)7-14(11)21-16(20)15(8)12-5-3-9(17)6-13(12)19/h2-7,17-19H,1H3. The minimum atomic E-state index is -0.619. The van der Waals surface area contributed by atoms with E-state index in [1.54, 1.807) is 13.0 Å². The third kappa shape index (κ3) is 2.08. The summed E-state index contributed by atoms with van der Waals surface area (Å²) >= 11 is 0. The second-order valence-electron chi connectivity index (χ2n) is 4.77. The second kappa shape index (κ2) is 4.56. The predicted molar refractivity (Wildman–Crippen MR) is 77.7 cm³/mol. The summed E-state index contributed by atoms with van der Waals surface area (Å²) in [7, 11) is 0. The van der Waals surface area contributed by atoms with Crippen LogP contribution in [-0.2, 0) is 0 Å². The van der Waals surface area contributed by atoms with Crippen LogP contribution in [0.3, 0.4) is 0 Å². The van der Waals surface area contributed by atoms with E-state index >= 15 is 0 Å². The Labute approximate surface area is 119 Å². The monoisotopic (exact) mass is 284 g/mol. The fourth-order valence-corrected chi connectivity index (χ4v) is 2.39. The molecule has 1 heterocycles. The molecule has 0 fully saturated rings. The molecule has 1 aromatic heterocycles. The molecule has 0 bridgehead atoms. The first kappa shape index (κ1) is 13.1. The molecule has 0 aliphatic heterocycles. The summed E-state index contributed by atoms with van der Waals surface area (Å²) in [5.74, 6) is -0.294. The Morgan fingerprint density at radius 1 is 0.952 bits per heavy atom. The SMILES string of the molecule is Cc1c(-c2ccc(O)cc2O)c(=O)oc2cc(O)ccc12. The Morgan fingerprint density at radius 2 is 1.62 bits per heavy atom. The summed E-state index contributed by atoms with van der Waals surface area (Å²) in [5, 5.41) is 29.4. The van der Waals surface area contributed by atoms with E-state index in [1.807, 2.05) is 0 Å². The molecule has 0 atom stereocenters. The van der Waals surface area contributed by atoms with E-state index in [0.29, 0.717) is 10.9 Å². The Kier molecular flexibility index (Phi) is 2.83. The molecule has 3 rings (SSSR count). The molecule has 0 aliphatic carbocycles. The van der Waals surface area contributed by atoms with Crippen molar-refractivity contribution in [2.75, 3.05) is 0 Å². The van der Waals surface area contributed by atoms with Gasteiger partial charge in [-0.25, -0.2) is 4.79 Å². The topological polar surface area (TPSA) is 90.9 Å². The van der Waals surface area contributed by atoms with Gasteiger partial charge >= 0.3 is 5.63 Å². The van der Waals surface area contributed by atoms with Crippen molar-refractivity contribution >= 4 is 11.0 Å². The molecular weight excluding hydrogens is 272 g/mol. The van der Waals surface area contributed by atoms with Gasteiger partial charge < -0.3 is 19.7 Å². The van der Waals surface area contributed by atoms with Gasteiger partial charge in [-0.15, -0.1) is 0 Å². The summed E-state index contributed by atoms with van der Waals surface area (Å²) in [5.41, 5.74) is 0.799. The number of benzene rings is 2. The lowest BCUT2D eigenvalue weighted by Crippen LogP contribution is -2.06. The Morgan fingerprint density at radius 3 is 2.33 bits per heavy atom. The van der Waals surface area contributed by atoms with E-state index in [9.17, 15) is 20.1 Å². The maximum absolute atomic E-state index is 12.2. The Bertz CT molecular complexity index is 908. The second-order valence-corrected chi connectivity index (χ2v) is 4.77. The molecule has 3 N–H and O–H groups in total. The smallest absolute Gasteiger partial charge is 0.344 e. The van der Waals surface area contributed by atoms with Crippen molar-refractivity contribution in [1.29, 1.82) is 0 Å². The highest BCUT2D eigenvalue weighted by Crippen LogP contribution is 2.34. The molecule has 0 aliphatic rings. The number of hydrogen-bond acceptors (Lipinski definition) is 5. The molecule has 2 aromatic carbocycles. The minimum Gasteiger partial charge on any atom is -0.508 e. The van der Waals surface area contributed by atoms with Crippen molar-refractivity contribution in [3.63, 3.8) is 0 Å². The van der Waals surface area contributed by atoms with Gasteiger partial charge in [0.2, 0.25) is 0 Å². The molecule has 0 amide bonds. The molecule has 3 aromatic rings. The molecule has 21 heavy (non-hydrogen) atoms. The number of phenols is 3. The number of fused-ring (bicyclic) bond motifs is 1. The van der Waals surface area contributed by atoms with Crippen LogP contribution in [0.4, 0.5) is 0 Å². The van der Waals surface area contributed by atoms with Crippen molar-refractivity contribution in [3.8, 4) is 28.4 Å². The first-order valence-electron chi connectivity index (χ1n) is 6.26. The number of phenolic OH excluding ortho intramolecular Hbond substituents is 3. The molecule has 5 nitrogen and oxygen atoms in total. The highest BCUT2D eigenvalue weighted by atomic mass is 16.4. The fraction of sp³-hybridized carbons (Fsp3) is 0.0625. The highest BCUT2D eigenvalue weighted by molar-refractivity contribution is 5.88. The van der Waals surface area contributed by atoms with Crippen LogP contribution in [0.25, 0.3) is 22.1 Å². The third-order valence-electron chi connectivity index (χ3n) is 3.40. The van der Waals surface area contributed by atoms with Crippen molar-refractivity contribution < 1.29 is 19.7 Å². The van der Waals surface area contributed by atoms with E-state index in [1.165, 1.54) is 24.3 Å². The van der Waals surface area contributed by atoms with E-state index < -0.39 is 5.63 Å². The summed E-state index contributed by atoms with van der Waals surface area (Å²) in [6, 6.07) is 8.50. The van der Waals surface area contributed by atoms with Gasteiger partial charge in [-0.2, -0.15) is 0 Å². The van der Waals surface area contributed by atoms with Crippen LogP contribution in [0.15, 0.2) is 45.6 Å². The first-order valence-corrected chi connectivity index (χ1v) is 6.26. The lowest BCUT2D eigenvalue weighted by molar-refractivity contribution is 0.451. The van der Waals surface area contributed by atoms with E-state index in [-0.39, 0.29) is 34.0 Å². The molecule has 0 saturated carbocycles. The van der Waals surface area contributed by atoms with Crippen molar-refractivity contribution in [2.45, 2.75) is 6.92 Å². The quantitative estimate of drug-likeness (QED) is 0.598. The number of aryl methyl sites for hydroxylation is 1. The van der Waals surface area contributed by atoms with Crippen LogP contribution in [0, 0.1) is 6.92 Å². The van der Waals surface area contributed by atoms with Crippen LogP contribution in [0.1, 0.15) is 5.56 Å². The third-order valence-corrected chi connectivity index (χ3v) is 3.40. The zero-order valence-electron chi connectivity index (χ0n) is 11.1. The summed E-state index contributed by atoms with van der Waals surface area (Å²) in [6.45, 7) is 1.73. The van der Waals surface area contributed by atoms with E-state index in [0.717, 1.165) is 6.07 Å². The fourth-order valence-electron chi connectivity index (χ4n) is 2.39. The number of rotatable bonds is 1. The molecule has 5 heteroatoms. The molecular formula is C16H12O5. The van der Waals surface area contributed by atoms with Gasteiger partial charge in [0.05, 0.1) is 5.56 Å². The zero-order chi connectivity index (χ0) is 15.1. The average Bonchev–Trinajstić information content (AvgIpc) is 2.40. The zero-order valence-corrected chi connectivity index (χ0v) is 11.1. The maximum Gasteiger partial charge on any atom is 0.344 e. The summed E-state index contributed by atoms with van der Waals surface area (Å²) < 4.78 is 5.20. The van der Waals surface area contributed by atoms with Crippen molar-refractivity contribution in [1.82, 2.24) is 0 Å². The maximum atomic E-state index is 12.2. The van der Waals surface area contributed by atoms with E-state index in [4.69, 9.17) is 4.42 Å². The molecule has 0 radical (unpaired) electrons. The first-order chi connectivity index (χ1) is 9.97. The van der Waals surface area contributed by atoms with Gasteiger partial charge in [0.1, 0.15) is 22.8 Å². The van der Waals surface area contributed by atoms with Gasteiger partial charge in [0, 0.05) is 23.1 Å². The van der Waals surface area contributed by atoms with Crippen molar-refractivity contribution in [3.05, 3.63) is 52.4 Å². The highest BCUT2D eigenvalue weighted by Gasteiger charge is 2.16. The van der Waals surface area contributed by atoms with Crippen LogP contribution in [0.5, 0.6) is 17.2 Å².